The van der Waals surface area contributed by atoms with Gasteiger partial charge in [0.05, 0.1) is 27.4 Å². The molecular formula is C17H20O5. The summed E-state index contributed by atoms with van der Waals surface area (Å²) in [6, 6.07) is 10.7. The van der Waals surface area contributed by atoms with E-state index < -0.39 is 6.10 Å². The van der Waals surface area contributed by atoms with Gasteiger partial charge >= 0.3 is 0 Å². The summed E-state index contributed by atoms with van der Waals surface area (Å²) < 4.78 is 15.4. The maximum absolute atomic E-state index is 10.4. The molecule has 0 aliphatic carbocycles. The Balaban J connectivity index is 2.26. The van der Waals surface area contributed by atoms with Gasteiger partial charge in [-0.3, -0.25) is 0 Å². The third kappa shape index (κ3) is 3.43. The van der Waals surface area contributed by atoms with Gasteiger partial charge in [-0.05, 0) is 35.4 Å². The van der Waals surface area contributed by atoms with E-state index in [-0.39, 0.29) is 17.2 Å². The van der Waals surface area contributed by atoms with Crippen molar-refractivity contribution in [3.05, 3.63) is 47.5 Å². The van der Waals surface area contributed by atoms with Gasteiger partial charge in [0.25, 0.3) is 0 Å². The first-order valence-electron chi connectivity index (χ1n) is 6.85. The molecule has 5 nitrogen and oxygen atoms in total. The van der Waals surface area contributed by atoms with Gasteiger partial charge in [0.15, 0.2) is 11.5 Å². The van der Waals surface area contributed by atoms with Crippen LogP contribution in [0.15, 0.2) is 36.4 Å². The highest BCUT2D eigenvalue weighted by molar-refractivity contribution is 5.53. The first-order chi connectivity index (χ1) is 10.6. The number of phenolic OH excluding ortho intramolecular Hbond substituents is 1. The van der Waals surface area contributed by atoms with Gasteiger partial charge in [0.1, 0.15) is 5.75 Å². The van der Waals surface area contributed by atoms with Crippen molar-refractivity contribution < 1.29 is 24.4 Å². The smallest absolute Gasteiger partial charge is 0.200 e. The fraction of sp³-hybridized carbons (Fsp3) is 0.294. The zero-order valence-electron chi connectivity index (χ0n) is 12.9. The third-order valence-electron chi connectivity index (χ3n) is 3.45. The van der Waals surface area contributed by atoms with E-state index in [1.54, 1.807) is 19.2 Å². The molecule has 0 aliphatic heterocycles. The summed E-state index contributed by atoms with van der Waals surface area (Å²) in [4.78, 5) is 0. The lowest BCUT2D eigenvalue weighted by molar-refractivity contribution is 0.177. The summed E-state index contributed by atoms with van der Waals surface area (Å²) in [5, 5.41) is 20.3. The van der Waals surface area contributed by atoms with Gasteiger partial charge in [-0.25, -0.2) is 0 Å². The second-order valence-electron chi connectivity index (χ2n) is 4.85. The van der Waals surface area contributed by atoms with E-state index in [4.69, 9.17) is 14.2 Å². The normalized spacial score (nSPS) is 11.8. The molecule has 0 saturated carbocycles. The van der Waals surface area contributed by atoms with E-state index in [0.717, 1.165) is 11.3 Å². The van der Waals surface area contributed by atoms with Gasteiger partial charge < -0.3 is 24.4 Å². The van der Waals surface area contributed by atoms with Crippen LogP contribution in [0, 0.1) is 0 Å². The summed E-state index contributed by atoms with van der Waals surface area (Å²) >= 11 is 0. The maximum atomic E-state index is 10.4. The fourth-order valence-corrected chi connectivity index (χ4v) is 2.25. The molecule has 0 aliphatic rings. The minimum Gasteiger partial charge on any atom is -0.502 e. The molecular weight excluding hydrogens is 284 g/mol. The number of hydrogen-bond acceptors (Lipinski definition) is 5. The van der Waals surface area contributed by atoms with Crippen LogP contribution in [-0.2, 0) is 6.42 Å². The number of rotatable bonds is 6. The van der Waals surface area contributed by atoms with Crippen molar-refractivity contribution in [2.45, 2.75) is 12.5 Å². The Morgan fingerprint density at radius 3 is 2.14 bits per heavy atom. The highest BCUT2D eigenvalue weighted by Gasteiger charge is 2.16. The van der Waals surface area contributed by atoms with Crippen LogP contribution in [0.25, 0.3) is 0 Å². The number of aliphatic hydroxyl groups excluding tert-OH is 1. The average molecular weight is 304 g/mol. The number of ether oxygens (including phenoxy) is 3. The topological polar surface area (TPSA) is 68.2 Å². The first-order valence-corrected chi connectivity index (χ1v) is 6.85. The van der Waals surface area contributed by atoms with Crippen molar-refractivity contribution in [1.82, 2.24) is 0 Å². The Kier molecular flexibility index (Phi) is 5.12. The quantitative estimate of drug-likeness (QED) is 0.859. The summed E-state index contributed by atoms with van der Waals surface area (Å²) in [5.74, 6) is 1.19. The molecule has 2 N–H and O–H groups in total. The number of methoxy groups -OCH3 is 3. The molecule has 2 aromatic rings. The standard InChI is InChI=1S/C17H20O5/c1-20-13-6-4-5-11(7-13)8-14(18)12-9-15(21-2)17(19)16(10-12)22-3/h4-7,9-10,14,18-19H,8H2,1-3H3. The van der Waals surface area contributed by atoms with Crippen LogP contribution in [0.3, 0.4) is 0 Å². The van der Waals surface area contributed by atoms with Crippen molar-refractivity contribution in [1.29, 1.82) is 0 Å². The van der Waals surface area contributed by atoms with E-state index in [9.17, 15) is 10.2 Å². The molecule has 0 aromatic heterocycles. The molecule has 0 spiro atoms. The summed E-state index contributed by atoms with van der Waals surface area (Å²) in [5.41, 5.74) is 1.55. The predicted octanol–water partition coefficient (Wildman–Crippen LogP) is 2.69. The Labute approximate surface area is 129 Å². The Morgan fingerprint density at radius 1 is 0.955 bits per heavy atom. The third-order valence-corrected chi connectivity index (χ3v) is 3.45. The van der Waals surface area contributed by atoms with Gasteiger partial charge in [-0.15, -0.1) is 0 Å². The number of phenols is 1. The zero-order valence-corrected chi connectivity index (χ0v) is 12.9. The lowest BCUT2D eigenvalue weighted by atomic mass is 10.0. The average Bonchev–Trinajstić information content (AvgIpc) is 2.55. The largest absolute Gasteiger partial charge is 0.502 e. The number of aliphatic hydroxyl groups is 1. The molecule has 0 amide bonds. The van der Waals surface area contributed by atoms with Crippen molar-refractivity contribution in [2.75, 3.05) is 21.3 Å². The molecule has 22 heavy (non-hydrogen) atoms. The van der Waals surface area contributed by atoms with Crippen molar-refractivity contribution in [3.8, 4) is 23.0 Å². The number of hydrogen-bond donors (Lipinski definition) is 2. The second-order valence-corrected chi connectivity index (χ2v) is 4.85. The highest BCUT2D eigenvalue weighted by atomic mass is 16.5. The summed E-state index contributed by atoms with van der Waals surface area (Å²) in [6.07, 6.45) is -0.343. The van der Waals surface area contributed by atoms with Crippen LogP contribution in [0.5, 0.6) is 23.0 Å². The van der Waals surface area contributed by atoms with Crippen LogP contribution in [0.2, 0.25) is 0 Å². The Morgan fingerprint density at radius 2 is 1.59 bits per heavy atom. The van der Waals surface area contributed by atoms with Gasteiger partial charge in [-0.1, -0.05) is 12.1 Å². The highest BCUT2D eigenvalue weighted by Crippen LogP contribution is 2.39. The molecule has 0 fully saturated rings. The van der Waals surface area contributed by atoms with Crippen LogP contribution in [0.1, 0.15) is 17.2 Å². The molecule has 1 atom stereocenters. The molecule has 0 heterocycles. The molecule has 0 radical (unpaired) electrons. The van der Waals surface area contributed by atoms with E-state index in [0.29, 0.717) is 12.0 Å². The predicted molar refractivity (Wildman–Crippen MR) is 82.9 cm³/mol. The summed E-state index contributed by atoms with van der Waals surface area (Å²) in [6.45, 7) is 0. The zero-order chi connectivity index (χ0) is 16.1. The summed E-state index contributed by atoms with van der Waals surface area (Å²) in [7, 11) is 4.50. The van der Waals surface area contributed by atoms with Crippen molar-refractivity contribution >= 4 is 0 Å². The van der Waals surface area contributed by atoms with E-state index in [1.165, 1.54) is 14.2 Å². The van der Waals surface area contributed by atoms with Crippen LogP contribution in [0.4, 0.5) is 0 Å². The van der Waals surface area contributed by atoms with E-state index in [1.807, 2.05) is 24.3 Å². The molecule has 118 valence electrons. The minimum atomic E-state index is -0.754. The molecule has 1 unspecified atom stereocenters. The first kappa shape index (κ1) is 16.0. The van der Waals surface area contributed by atoms with Crippen LogP contribution >= 0.6 is 0 Å². The van der Waals surface area contributed by atoms with E-state index >= 15 is 0 Å². The SMILES string of the molecule is COc1cccc(CC(O)c2cc(OC)c(O)c(OC)c2)c1. The van der Waals surface area contributed by atoms with Crippen molar-refractivity contribution in [2.24, 2.45) is 0 Å². The Bertz CT molecular complexity index is 614. The van der Waals surface area contributed by atoms with Crippen LogP contribution < -0.4 is 14.2 Å². The van der Waals surface area contributed by atoms with Gasteiger partial charge in [0, 0.05) is 6.42 Å². The maximum Gasteiger partial charge on any atom is 0.200 e. The second kappa shape index (κ2) is 7.04. The molecule has 5 heteroatoms. The van der Waals surface area contributed by atoms with Gasteiger partial charge in [0.2, 0.25) is 5.75 Å². The Hall–Kier alpha value is -2.40. The van der Waals surface area contributed by atoms with Crippen LogP contribution in [-0.4, -0.2) is 31.5 Å². The molecule has 2 aromatic carbocycles. The van der Waals surface area contributed by atoms with Crippen molar-refractivity contribution in [3.63, 3.8) is 0 Å². The minimum absolute atomic E-state index is 0.0812. The lowest BCUT2D eigenvalue weighted by Crippen LogP contribution is -2.03. The lowest BCUT2D eigenvalue weighted by Gasteiger charge is -2.16. The number of aromatic hydroxyl groups is 1. The number of benzene rings is 2. The van der Waals surface area contributed by atoms with Gasteiger partial charge in [-0.2, -0.15) is 0 Å². The monoisotopic (exact) mass is 304 g/mol. The van der Waals surface area contributed by atoms with E-state index in [2.05, 4.69) is 0 Å². The molecule has 0 bridgehead atoms. The molecule has 2 rings (SSSR count). The fourth-order valence-electron chi connectivity index (χ4n) is 2.25. The molecule has 0 saturated heterocycles.